The number of hydrogen-bond acceptors (Lipinski definition) is 4. The molecule has 0 aromatic carbocycles. The molecule has 2 fully saturated rings. The number of hydrogen-bond donors (Lipinski definition) is 1. The van der Waals surface area contributed by atoms with Crippen LogP contribution in [0.1, 0.15) is 32.6 Å². The Hall–Kier alpha value is -0.950. The van der Waals surface area contributed by atoms with Gasteiger partial charge in [0.15, 0.2) is 5.11 Å². The van der Waals surface area contributed by atoms with E-state index in [2.05, 4.69) is 47.9 Å². The Kier molecular flexibility index (Phi) is 5.69. The van der Waals surface area contributed by atoms with Crippen LogP contribution in [-0.4, -0.2) is 52.2 Å². The molecule has 0 spiro atoms. The van der Waals surface area contributed by atoms with Crippen LogP contribution in [0.2, 0.25) is 0 Å². The highest BCUT2D eigenvalue weighted by Gasteiger charge is 2.25. The van der Waals surface area contributed by atoms with Gasteiger partial charge < -0.3 is 15.1 Å². The van der Waals surface area contributed by atoms with Gasteiger partial charge in [-0.15, -0.1) is 0 Å². The molecule has 0 amide bonds. The lowest BCUT2D eigenvalue weighted by atomic mass is 9.86. The molecule has 2 unspecified atom stereocenters. The molecular weight excluding hydrogens is 374 g/mol. The molecule has 0 radical (unpaired) electrons. The van der Waals surface area contributed by atoms with Crippen molar-refractivity contribution in [2.24, 2.45) is 5.92 Å². The van der Waals surface area contributed by atoms with Crippen molar-refractivity contribution in [2.45, 2.75) is 38.6 Å². The number of rotatable bonds is 2. The van der Waals surface area contributed by atoms with Crippen molar-refractivity contribution in [1.29, 1.82) is 0 Å². The summed E-state index contributed by atoms with van der Waals surface area (Å²) in [4.78, 5) is 13.3. The Labute approximate surface area is 152 Å². The van der Waals surface area contributed by atoms with Crippen molar-refractivity contribution < 1.29 is 0 Å². The number of halogens is 1. The van der Waals surface area contributed by atoms with Crippen molar-refractivity contribution in [1.82, 2.24) is 20.2 Å². The molecule has 1 saturated carbocycles. The molecule has 1 saturated heterocycles. The zero-order valence-electron chi connectivity index (χ0n) is 13.5. The molecule has 1 aromatic heterocycles. The Morgan fingerprint density at radius 3 is 2.48 bits per heavy atom. The third-order valence-corrected chi connectivity index (χ3v) is 5.66. The second kappa shape index (κ2) is 7.75. The zero-order valence-corrected chi connectivity index (χ0v) is 15.9. The van der Waals surface area contributed by atoms with Gasteiger partial charge in [-0.1, -0.05) is 19.8 Å². The van der Waals surface area contributed by atoms with Gasteiger partial charge in [-0.2, -0.15) is 0 Å². The number of nitrogens with one attached hydrogen (secondary N) is 1. The van der Waals surface area contributed by atoms with Crippen molar-refractivity contribution >= 4 is 39.2 Å². The first-order valence-electron chi connectivity index (χ1n) is 8.41. The second-order valence-corrected chi connectivity index (χ2v) is 7.80. The quantitative estimate of drug-likeness (QED) is 0.773. The maximum absolute atomic E-state index is 5.64. The Morgan fingerprint density at radius 1 is 1.17 bits per heavy atom. The SMILES string of the molecule is CC1CCCCC1NC(=S)N1CCN(c2ncc(Br)cn2)CC1. The van der Waals surface area contributed by atoms with Crippen LogP contribution in [0.5, 0.6) is 0 Å². The molecule has 23 heavy (non-hydrogen) atoms. The molecule has 126 valence electrons. The molecule has 2 heterocycles. The Bertz CT molecular complexity index is 530. The summed E-state index contributed by atoms with van der Waals surface area (Å²) in [6, 6.07) is 0.545. The lowest BCUT2D eigenvalue weighted by molar-refractivity contribution is 0.293. The molecule has 2 aliphatic rings. The molecule has 1 aliphatic carbocycles. The highest BCUT2D eigenvalue weighted by molar-refractivity contribution is 9.10. The van der Waals surface area contributed by atoms with Gasteiger partial charge in [-0.05, 0) is 46.9 Å². The van der Waals surface area contributed by atoms with Gasteiger partial charge in [0.25, 0.3) is 0 Å². The topological polar surface area (TPSA) is 44.3 Å². The molecule has 3 rings (SSSR count). The van der Waals surface area contributed by atoms with E-state index in [-0.39, 0.29) is 0 Å². The maximum atomic E-state index is 5.64. The highest BCUT2D eigenvalue weighted by atomic mass is 79.9. The van der Waals surface area contributed by atoms with E-state index in [1.165, 1.54) is 25.7 Å². The van der Waals surface area contributed by atoms with Crippen LogP contribution in [0.25, 0.3) is 0 Å². The van der Waals surface area contributed by atoms with Gasteiger partial charge in [0.1, 0.15) is 0 Å². The van der Waals surface area contributed by atoms with Crippen LogP contribution >= 0.6 is 28.1 Å². The highest BCUT2D eigenvalue weighted by Crippen LogP contribution is 2.24. The average Bonchev–Trinajstić information content (AvgIpc) is 2.58. The fourth-order valence-corrected chi connectivity index (χ4v) is 3.90. The summed E-state index contributed by atoms with van der Waals surface area (Å²) in [6.07, 6.45) is 8.83. The van der Waals surface area contributed by atoms with Crippen molar-refractivity contribution in [3.8, 4) is 0 Å². The normalized spacial score (nSPS) is 25.3. The monoisotopic (exact) mass is 397 g/mol. The van der Waals surface area contributed by atoms with Gasteiger partial charge >= 0.3 is 0 Å². The molecule has 7 heteroatoms. The third kappa shape index (κ3) is 4.32. The van der Waals surface area contributed by atoms with Gasteiger partial charge in [-0.3, -0.25) is 0 Å². The van der Waals surface area contributed by atoms with E-state index in [9.17, 15) is 0 Å². The van der Waals surface area contributed by atoms with Gasteiger partial charge in [0, 0.05) is 44.6 Å². The van der Waals surface area contributed by atoms with E-state index in [0.717, 1.165) is 47.6 Å². The smallest absolute Gasteiger partial charge is 0.225 e. The molecule has 1 N–H and O–H groups in total. The van der Waals surface area contributed by atoms with Crippen LogP contribution in [0.4, 0.5) is 5.95 Å². The van der Waals surface area contributed by atoms with E-state index in [0.29, 0.717) is 6.04 Å². The first kappa shape index (κ1) is 16.9. The third-order valence-electron chi connectivity index (χ3n) is 4.88. The first-order valence-corrected chi connectivity index (χ1v) is 9.61. The average molecular weight is 398 g/mol. The maximum Gasteiger partial charge on any atom is 0.225 e. The summed E-state index contributed by atoms with van der Waals surface area (Å²) < 4.78 is 0.909. The van der Waals surface area contributed by atoms with E-state index < -0.39 is 0 Å². The lowest BCUT2D eigenvalue weighted by Gasteiger charge is -2.38. The molecule has 0 bridgehead atoms. The van der Waals surface area contributed by atoms with Crippen molar-refractivity contribution in [2.75, 3.05) is 31.1 Å². The molecule has 1 aliphatic heterocycles. The Balaban J connectivity index is 1.50. The molecule has 5 nitrogen and oxygen atoms in total. The standard InChI is InChI=1S/C16H24BrN5S/c1-12-4-2-3-5-14(12)20-16(23)22-8-6-21(7-9-22)15-18-10-13(17)11-19-15/h10-12,14H,2-9H2,1H3,(H,20,23). The van der Waals surface area contributed by atoms with E-state index in [1.807, 2.05) is 0 Å². The fourth-order valence-electron chi connectivity index (χ4n) is 3.36. The second-order valence-electron chi connectivity index (χ2n) is 6.49. The zero-order chi connectivity index (χ0) is 16.2. The van der Waals surface area contributed by atoms with Crippen LogP contribution in [-0.2, 0) is 0 Å². The summed E-state index contributed by atoms with van der Waals surface area (Å²) in [5, 5.41) is 4.52. The number of thiocarbonyl (C=S) groups is 1. The number of nitrogens with zero attached hydrogens (tertiary/aromatic N) is 4. The van der Waals surface area contributed by atoms with Crippen LogP contribution in [0.3, 0.4) is 0 Å². The van der Waals surface area contributed by atoms with E-state index in [1.54, 1.807) is 12.4 Å². The largest absolute Gasteiger partial charge is 0.360 e. The van der Waals surface area contributed by atoms with Gasteiger partial charge in [-0.25, -0.2) is 9.97 Å². The minimum atomic E-state index is 0.545. The molecule has 2 atom stereocenters. The summed E-state index contributed by atoms with van der Waals surface area (Å²) in [6.45, 7) is 5.99. The van der Waals surface area contributed by atoms with Crippen molar-refractivity contribution in [3.05, 3.63) is 16.9 Å². The minimum Gasteiger partial charge on any atom is -0.360 e. The van der Waals surface area contributed by atoms with E-state index >= 15 is 0 Å². The summed E-state index contributed by atoms with van der Waals surface area (Å²) in [7, 11) is 0. The van der Waals surface area contributed by atoms with Crippen molar-refractivity contribution in [3.63, 3.8) is 0 Å². The fraction of sp³-hybridized carbons (Fsp3) is 0.688. The van der Waals surface area contributed by atoms with Crippen LogP contribution in [0.15, 0.2) is 16.9 Å². The predicted octanol–water partition coefficient (Wildman–Crippen LogP) is 2.81. The van der Waals surface area contributed by atoms with E-state index in [4.69, 9.17) is 12.2 Å². The van der Waals surface area contributed by atoms with Crippen LogP contribution < -0.4 is 10.2 Å². The first-order chi connectivity index (χ1) is 11.1. The Morgan fingerprint density at radius 2 is 1.83 bits per heavy atom. The molecule has 1 aromatic rings. The summed E-state index contributed by atoms with van der Waals surface area (Å²) >= 11 is 9.01. The minimum absolute atomic E-state index is 0.545. The molecular formula is C16H24BrN5S. The van der Waals surface area contributed by atoms with Gasteiger partial charge in [0.2, 0.25) is 5.95 Å². The summed E-state index contributed by atoms with van der Waals surface area (Å²) in [5.74, 6) is 1.52. The van der Waals surface area contributed by atoms with Crippen LogP contribution in [0, 0.1) is 5.92 Å². The summed E-state index contributed by atoms with van der Waals surface area (Å²) in [5.41, 5.74) is 0. The van der Waals surface area contributed by atoms with Gasteiger partial charge in [0.05, 0.1) is 4.47 Å². The number of piperazine rings is 1. The lowest BCUT2D eigenvalue weighted by Crippen LogP contribution is -2.54. The number of aromatic nitrogens is 2. The predicted molar refractivity (Wildman–Crippen MR) is 101 cm³/mol. The number of anilines is 1.